The van der Waals surface area contributed by atoms with Gasteiger partial charge in [-0.25, -0.2) is 29.6 Å². The van der Waals surface area contributed by atoms with Gasteiger partial charge in [-0.2, -0.15) is 3.71 Å². The molecule has 3 aromatic carbocycles. The van der Waals surface area contributed by atoms with Gasteiger partial charge in [0.15, 0.2) is 0 Å². The van der Waals surface area contributed by atoms with Crippen LogP contribution >= 0.6 is 11.6 Å². The summed E-state index contributed by atoms with van der Waals surface area (Å²) >= 11 is 5.87. The van der Waals surface area contributed by atoms with Crippen LogP contribution in [0.1, 0.15) is 12.0 Å². The van der Waals surface area contributed by atoms with Gasteiger partial charge in [0, 0.05) is 11.6 Å². The second kappa shape index (κ2) is 9.08. The van der Waals surface area contributed by atoms with E-state index in [1.165, 1.54) is 30.3 Å². The maximum absolute atomic E-state index is 13.7. The fourth-order valence-electron chi connectivity index (χ4n) is 3.80. The molecule has 4 rings (SSSR count). The Morgan fingerprint density at radius 2 is 1.37 bits per heavy atom. The lowest BCUT2D eigenvalue weighted by atomic mass is 10.0. The molecule has 1 heterocycles. The van der Waals surface area contributed by atoms with Crippen LogP contribution in [0.2, 0.25) is 5.02 Å². The first-order chi connectivity index (χ1) is 16.3. The molecule has 0 spiro atoms. The third-order valence-electron chi connectivity index (χ3n) is 5.42. The van der Waals surface area contributed by atoms with E-state index in [9.17, 15) is 29.6 Å². The summed E-state index contributed by atoms with van der Waals surface area (Å²) in [7, 11) is -13.2. The van der Waals surface area contributed by atoms with Gasteiger partial charge in [0.2, 0.25) is 10.0 Å². The Bertz CT molecular complexity index is 1520. The second-order valence-electron chi connectivity index (χ2n) is 7.87. The first-order valence-electron chi connectivity index (χ1n) is 10.2. The molecule has 0 N–H and O–H groups in total. The minimum Gasteiger partial charge on any atom is -0.270 e. The molecular weight excluding hydrogens is 539 g/mol. The fraction of sp³-hybridized carbons (Fsp3) is 0.182. The van der Waals surface area contributed by atoms with Gasteiger partial charge in [0.05, 0.1) is 27.4 Å². The molecule has 0 atom stereocenters. The van der Waals surface area contributed by atoms with Gasteiger partial charge < -0.3 is 0 Å². The van der Waals surface area contributed by atoms with Gasteiger partial charge in [0.1, 0.15) is 5.82 Å². The number of hydrogen-bond donors (Lipinski definition) is 0. The van der Waals surface area contributed by atoms with E-state index in [0.29, 0.717) is 18.4 Å². The van der Waals surface area contributed by atoms with Crippen LogP contribution in [0.15, 0.2) is 76.5 Å². The monoisotopic (exact) mass is 558 g/mol. The van der Waals surface area contributed by atoms with Gasteiger partial charge in [0.25, 0.3) is 20.0 Å². The van der Waals surface area contributed by atoms with Crippen molar-refractivity contribution in [1.29, 1.82) is 0 Å². The average Bonchev–Trinajstić information content (AvgIpc) is 2.78. The molecular formula is C22H20ClFN2O6S3. The highest BCUT2D eigenvalue weighted by molar-refractivity contribution is 8.10. The number of benzene rings is 3. The molecule has 8 nitrogen and oxygen atoms in total. The Labute approximate surface area is 208 Å². The molecule has 35 heavy (non-hydrogen) atoms. The van der Waals surface area contributed by atoms with Gasteiger partial charge >= 0.3 is 0 Å². The van der Waals surface area contributed by atoms with Gasteiger partial charge in [-0.15, -0.1) is 0 Å². The molecule has 0 saturated carbocycles. The van der Waals surface area contributed by atoms with Crippen molar-refractivity contribution in [3.05, 3.63) is 83.1 Å². The van der Waals surface area contributed by atoms with Crippen LogP contribution in [-0.4, -0.2) is 38.1 Å². The number of hydrogen-bond acceptors (Lipinski definition) is 6. The van der Waals surface area contributed by atoms with Crippen molar-refractivity contribution in [1.82, 2.24) is 0 Å². The molecule has 0 bridgehead atoms. The Morgan fingerprint density at radius 3 is 1.91 bits per heavy atom. The van der Waals surface area contributed by atoms with E-state index in [4.69, 9.17) is 11.6 Å². The maximum atomic E-state index is 13.7. The smallest absolute Gasteiger partial charge is 0.270 e. The van der Waals surface area contributed by atoms with Crippen LogP contribution in [0, 0.1) is 5.82 Å². The van der Waals surface area contributed by atoms with Gasteiger partial charge in [-0.3, -0.25) is 4.31 Å². The zero-order valence-electron chi connectivity index (χ0n) is 18.3. The van der Waals surface area contributed by atoms with Gasteiger partial charge in [-0.05, 0) is 79.1 Å². The Balaban J connectivity index is 1.97. The van der Waals surface area contributed by atoms with E-state index in [1.807, 2.05) is 0 Å². The number of rotatable bonds is 6. The number of anilines is 2. The zero-order chi connectivity index (χ0) is 25.6. The van der Waals surface area contributed by atoms with Crippen LogP contribution in [0.25, 0.3) is 0 Å². The average molecular weight is 559 g/mol. The van der Waals surface area contributed by atoms with E-state index in [0.717, 1.165) is 47.0 Å². The third kappa shape index (κ3) is 4.88. The van der Waals surface area contributed by atoms with E-state index in [2.05, 4.69) is 0 Å². The maximum Gasteiger partial charge on any atom is 0.277 e. The van der Waals surface area contributed by atoms with Crippen molar-refractivity contribution < 1.29 is 29.6 Å². The molecule has 186 valence electrons. The second-order valence-corrected chi connectivity index (χ2v) is 14.0. The number of nitrogens with zero attached hydrogens (tertiary/aromatic N) is 2. The molecule has 0 fully saturated rings. The number of aryl methyl sites for hydroxylation is 1. The third-order valence-corrected chi connectivity index (χ3v) is 11.1. The van der Waals surface area contributed by atoms with Crippen LogP contribution in [-0.2, 0) is 36.5 Å². The normalized spacial score (nSPS) is 14.4. The lowest BCUT2D eigenvalue weighted by Crippen LogP contribution is -2.38. The molecule has 0 radical (unpaired) electrons. The summed E-state index contributed by atoms with van der Waals surface area (Å²) in [6.07, 6.45) is 2.11. The number of sulfonamides is 3. The van der Waals surface area contributed by atoms with Crippen LogP contribution < -0.4 is 8.02 Å². The number of halogens is 2. The summed E-state index contributed by atoms with van der Waals surface area (Å²) in [5.74, 6) is -0.700. The lowest BCUT2D eigenvalue weighted by molar-refractivity contribution is 0.583. The van der Waals surface area contributed by atoms with Crippen molar-refractivity contribution in [2.45, 2.75) is 22.6 Å². The highest BCUT2D eigenvalue weighted by atomic mass is 35.5. The Morgan fingerprint density at radius 1 is 0.829 bits per heavy atom. The minimum atomic E-state index is -4.79. The van der Waals surface area contributed by atoms with Crippen LogP contribution in [0.3, 0.4) is 0 Å². The van der Waals surface area contributed by atoms with Crippen molar-refractivity contribution in [2.24, 2.45) is 0 Å². The predicted molar refractivity (Wildman–Crippen MR) is 132 cm³/mol. The van der Waals surface area contributed by atoms with E-state index < -0.39 is 40.8 Å². The van der Waals surface area contributed by atoms with Crippen LogP contribution in [0.4, 0.5) is 15.8 Å². The highest BCUT2D eigenvalue weighted by Crippen LogP contribution is 2.37. The summed E-state index contributed by atoms with van der Waals surface area (Å²) < 4.78 is 94.2. The summed E-state index contributed by atoms with van der Waals surface area (Å²) in [5.41, 5.74) is 0.536. The van der Waals surface area contributed by atoms with E-state index in [1.54, 1.807) is 0 Å². The van der Waals surface area contributed by atoms with Crippen molar-refractivity contribution in [3.63, 3.8) is 0 Å². The molecule has 0 aliphatic carbocycles. The quantitative estimate of drug-likeness (QED) is 0.455. The lowest BCUT2D eigenvalue weighted by Gasteiger charge is -2.31. The van der Waals surface area contributed by atoms with Crippen LogP contribution in [0.5, 0.6) is 0 Å². The zero-order valence-corrected chi connectivity index (χ0v) is 21.5. The van der Waals surface area contributed by atoms with Crippen molar-refractivity contribution in [2.75, 3.05) is 20.8 Å². The summed E-state index contributed by atoms with van der Waals surface area (Å²) in [6.45, 7) is 0.171. The van der Waals surface area contributed by atoms with Gasteiger partial charge in [-0.1, -0.05) is 17.7 Å². The van der Waals surface area contributed by atoms with E-state index in [-0.39, 0.29) is 31.5 Å². The number of fused-ring (bicyclic) bond motifs is 1. The minimum absolute atomic E-state index is 0.171. The SMILES string of the molecule is CS(=O)(=O)N1CCCc2ccc(N(S(=O)(=O)c3ccc(F)cc3)S(=O)(=O)c3ccc(Cl)cc3)cc21. The van der Waals surface area contributed by atoms with Crippen molar-refractivity contribution >= 4 is 53.0 Å². The summed E-state index contributed by atoms with van der Waals surface area (Å²) in [6, 6.07) is 12.7. The molecule has 1 aliphatic heterocycles. The molecule has 0 amide bonds. The molecule has 0 saturated heterocycles. The Kier molecular flexibility index (Phi) is 6.60. The van der Waals surface area contributed by atoms with E-state index >= 15 is 0 Å². The topological polar surface area (TPSA) is 109 Å². The molecule has 1 aliphatic rings. The molecule has 13 heteroatoms. The Hall–Kier alpha value is -2.67. The first kappa shape index (κ1) is 25.4. The highest BCUT2D eigenvalue weighted by Gasteiger charge is 2.38. The fourth-order valence-corrected chi connectivity index (χ4v) is 8.59. The summed E-state index contributed by atoms with van der Waals surface area (Å²) in [5, 5.41) is 0.245. The molecule has 3 aromatic rings. The molecule has 0 aromatic heterocycles. The standard InChI is InChI=1S/C22H20ClFN2O6S3/c1-33(27,28)25-14-2-3-16-4-9-19(15-22(16)25)26(34(29,30)20-10-5-17(23)6-11-20)35(31,32)21-12-7-18(24)8-13-21/h4-13,15H,2-3,14H2,1H3. The summed E-state index contributed by atoms with van der Waals surface area (Å²) in [4.78, 5) is -0.820. The first-order valence-corrected chi connectivity index (χ1v) is 15.3. The predicted octanol–water partition coefficient (Wildman–Crippen LogP) is 3.78. The largest absolute Gasteiger partial charge is 0.277 e. The van der Waals surface area contributed by atoms with Crippen molar-refractivity contribution in [3.8, 4) is 0 Å². The molecule has 0 unspecified atom stereocenters.